The number of ether oxygens (including phenoxy) is 1. The van der Waals surface area contributed by atoms with Crippen molar-refractivity contribution in [2.24, 2.45) is 5.14 Å². The van der Waals surface area contributed by atoms with Crippen molar-refractivity contribution < 1.29 is 35.9 Å². The number of primary sulfonamides is 1. The second-order valence-electron chi connectivity index (χ2n) is 6.29. The molecule has 0 aliphatic heterocycles. The van der Waals surface area contributed by atoms with Crippen molar-refractivity contribution >= 4 is 38.6 Å². The number of amides is 1. The number of carbonyl (C=O) groups excluding carboxylic acids is 2. The van der Waals surface area contributed by atoms with E-state index in [-0.39, 0.29) is 21.6 Å². The van der Waals surface area contributed by atoms with Gasteiger partial charge in [-0.3, -0.25) is 9.59 Å². The Morgan fingerprint density at radius 2 is 1.74 bits per heavy atom. The van der Waals surface area contributed by atoms with E-state index in [0.717, 1.165) is 0 Å². The fourth-order valence-corrected chi connectivity index (χ4v) is 3.21. The number of sulfonamides is 1. The SMILES string of the molecule is NS(=O)(=O)c1ccc(NC(=O)COC(=O)Cn2c(C(F)(F)F)nc3ccccc32)cc1. The summed E-state index contributed by atoms with van der Waals surface area (Å²) < 4.78 is 67.6. The van der Waals surface area contributed by atoms with Crippen molar-refractivity contribution in [3.8, 4) is 0 Å². The van der Waals surface area contributed by atoms with Crippen LogP contribution in [0.4, 0.5) is 18.9 Å². The Kier molecular flexibility index (Phi) is 5.99. The number of nitrogens with two attached hydrogens (primary N) is 1. The Balaban J connectivity index is 1.64. The molecule has 0 atom stereocenters. The Morgan fingerprint density at radius 1 is 1.10 bits per heavy atom. The first-order chi connectivity index (χ1) is 14.4. The number of esters is 1. The number of anilines is 1. The van der Waals surface area contributed by atoms with Gasteiger partial charge in [-0.05, 0) is 36.4 Å². The molecule has 0 aliphatic rings. The van der Waals surface area contributed by atoms with Gasteiger partial charge in [0.2, 0.25) is 15.8 Å². The van der Waals surface area contributed by atoms with Gasteiger partial charge >= 0.3 is 12.1 Å². The summed E-state index contributed by atoms with van der Waals surface area (Å²) in [4.78, 5) is 27.3. The van der Waals surface area contributed by atoms with Gasteiger partial charge < -0.3 is 14.6 Å². The Labute approximate surface area is 173 Å². The molecule has 164 valence electrons. The molecule has 0 aliphatic carbocycles. The molecule has 0 fully saturated rings. The highest BCUT2D eigenvalue weighted by Crippen LogP contribution is 2.31. The van der Waals surface area contributed by atoms with E-state index in [2.05, 4.69) is 10.3 Å². The molecule has 0 bridgehead atoms. The molecular weight excluding hydrogens is 441 g/mol. The van der Waals surface area contributed by atoms with E-state index in [1.807, 2.05) is 0 Å². The van der Waals surface area contributed by atoms with Crippen LogP contribution in [0.3, 0.4) is 0 Å². The summed E-state index contributed by atoms with van der Waals surface area (Å²) >= 11 is 0. The highest BCUT2D eigenvalue weighted by Gasteiger charge is 2.38. The predicted octanol–water partition coefficient (Wildman–Crippen LogP) is 1.88. The molecule has 1 amide bonds. The zero-order valence-corrected chi connectivity index (χ0v) is 16.4. The Morgan fingerprint density at radius 3 is 2.35 bits per heavy atom. The van der Waals surface area contributed by atoms with E-state index < -0.39 is 47.1 Å². The van der Waals surface area contributed by atoms with Crippen LogP contribution in [0.5, 0.6) is 0 Å². The third-order valence-corrected chi connectivity index (χ3v) is 4.96. The number of aromatic nitrogens is 2. The quantitative estimate of drug-likeness (QED) is 0.544. The van der Waals surface area contributed by atoms with Crippen LogP contribution in [0, 0.1) is 0 Å². The third-order valence-electron chi connectivity index (χ3n) is 4.03. The smallest absolute Gasteiger partial charge is 0.449 e. The number of hydrogen-bond donors (Lipinski definition) is 2. The summed E-state index contributed by atoms with van der Waals surface area (Å²) in [5, 5.41) is 7.32. The van der Waals surface area contributed by atoms with E-state index in [9.17, 15) is 31.2 Å². The van der Waals surface area contributed by atoms with Crippen LogP contribution >= 0.6 is 0 Å². The fourth-order valence-electron chi connectivity index (χ4n) is 2.70. The van der Waals surface area contributed by atoms with E-state index in [4.69, 9.17) is 9.88 Å². The van der Waals surface area contributed by atoms with E-state index in [1.54, 1.807) is 0 Å². The van der Waals surface area contributed by atoms with Gasteiger partial charge in [-0.1, -0.05) is 12.1 Å². The minimum Gasteiger partial charge on any atom is -0.454 e. The number of fused-ring (bicyclic) bond motifs is 1. The molecule has 9 nitrogen and oxygen atoms in total. The Hall–Kier alpha value is -3.45. The average Bonchev–Trinajstić information content (AvgIpc) is 3.05. The molecule has 3 aromatic rings. The van der Waals surface area contributed by atoms with E-state index >= 15 is 0 Å². The molecule has 31 heavy (non-hydrogen) atoms. The van der Waals surface area contributed by atoms with Crippen molar-refractivity contribution in [3.63, 3.8) is 0 Å². The number of rotatable bonds is 6. The molecule has 0 spiro atoms. The summed E-state index contributed by atoms with van der Waals surface area (Å²) in [7, 11) is -3.89. The summed E-state index contributed by atoms with van der Waals surface area (Å²) in [5.41, 5.74) is 0.350. The summed E-state index contributed by atoms with van der Waals surface area (Å²) in [6.45, 7) is -1.56. The molecular formula is C18H15F3N4O5S. The lowest BCUT2D eigenvalue weighted by Crippen LogP contribution is -2.25. The first kappa shape index (κ1) is 22.2. The van der Waals surface area contributed by atoms with Gasteiger partial charge in [0.1, 0.15) is 6.54 Å². The summed E-state index contributed by atoms with van der Waals surface area (Å²) in [6, 6.07) is 10.6. The molecule has 0 saturated heterocycles. The topological polar surface area (TPSA) is 133 Å². The van der Waals surface area contributed by atoms with Crippen molar-refractivity contribution in [1.29, 1.82) is 0 Å². The van der Waals surface area contributed by atoms with Gasteiger partial charge in [0, 0.05) is 5.69 Å². The predicted molar refractivity (Wildman–Crippen MR) is 102 cm³/mol. The Bertz CT molecular complexity index is 1240. The maximum atomic E-state index is 13.3. The van der Waals surface area contributed by atoms with Crippen LogP contribution in [0.15, 0.2) is 53.4 Å². The maximum absolute atomic E-state index is 13.3. The number of alkyl halides is 3. The van der Waals surface area contributed by atoms with Gasteiger partial charge in [0.15, 0.2) is 6.61 Å². The molecule has 1 heterocycles. The lowest BCUT2D eigenvalue weighted by Gasteiger charge is -2.11. The van der Waals surface area contributed by atoms with Gasteiger partial charge in [-0.15, -0.1) is 0 Å². The maximum Gasteiger partial charge on any atom is 0.449 e. The van der Waals surface area contributed by atoms with Crippen molar-refractivity contribution in [1.82, 2.24) is 9.55 Å². The lowest BCUT2D eigenvalue weighted by atomic mass is 10.3. The number of benzene rings is 2. The minimum atomic E-state index is -4.79. The van der Waals surface area contributed by atoms with Crippen LogP contribution in [-0.2, 0) is 37.1 Å². The van der Waals surface area contributed by atoms with Gasteiger partial charge in [-0.25, -0.2) is 18.5 Å². The molecule has 1 aromatic heterocycles. The molecule has 13 heteroatoms. The molecule has 0 radical (unpaired) electrons. The second kappa shape index (κ2) is 8.35. The monoisotopic (exact) mass is 456 g/mol. The van der Waals surface area contributed by atoms with Crippen LogP contribution in [0.1, 0.15) is 5.82 Å². The van der Waals surface area contributed by atoms with Crippen molar-refractivity contribution in [2.75, 3.05) is 11.9 Å². The lowest BCUT2D eigenvalue weighted by molar-refractivity contribution is -0.152. The van der Waals surface area contributed by atoms with Crippen LogP contribution in [-0.4, -0.2) is 36.5 Å². The van der Waals surface area contributed by atoms with Gasteiger partial charge in [0.25, 0.3) is 5.91 Å². The average molecular weight is 456 g/mol. The molecule has 2 aromatic carbocycles. The fraction of sp³-hybridized carbons (Fsp3) is 0.167. The normalized spacial score (nSPS) is 12.0. The highest BCUT2D eigenvalue weighted by molar-refractivity contribution is 7.89. The zero-order chi connectivity index (χ0) is 22.8. The molecule has 3 rings (SSSR count). The van der Waals surface area contributed by atoms with Gasteiger partial charge in [-0.2, -0.15) is 13.2 Å². The second-order valence-corrected chi connectivity index (χ2v) is 7.85. The zero-order valence-electron chi connectivity index (χ0n) is 15.6. The highest BCUT2D eigenvalue weighted by atomic mass is 32.2. The number of para-hydroxylation sites is 2. The van der Waals surface area contributed by atoms with Crippen molar-refractivity contribution in [2.45, 2.75) is 17.6 Å². The summed E-state index contributed by atoms with van der Waals surface area (Å²) in [5.74, 6) is -3.11. The number of carbonyl (C=O) groups is 2. The molecule has 0 unspecified atom stereocenters. The number of imidazole rings is 1. The van der Waals surface area contributed by atoms with Crippen LogP contribution in [0.2, 0.25) is 0 Å². The number of hydrogen-bond acceptors (Lipinski definition) is 6. The first-order valence-corrected chi connectivity index (χ1v) is 10.1. The first-order valence-electron chi connectivity index (χ1n) is 8.56. The molecule has 0 saturated carbocycles. The minimum absolute atomic E-state index is 0.0586. The van der Waals surface area contributed by atoms with E-state index in [1.165, 1.54) is 48.5 Å². The molecule has 3 N–H and O–H groups in total. The number of nitrogens with zero attached hydrogens (tertiary/aromatic N) is 2. The number of halogens is 3. The standard InChI is InChI=1S/C18H15F3N4O5S/c19-18(20,21)17-24-13-3-1-2-4-14(13)25(17)9-16(27)30-10-15(26)23-11-5-7-12(8-6-11)31(22,28)29/h1-8H,9-10H2,(H,23,26)(H2,22,28,29). The van der Waals surface area contributed by atoms with Crippen LogP contribution < -0.4 is 10.5 Å². The van der Waals surface area contributed by atoms with E-state index in [0.29, 0.717) is 4.57 Å². The third kappa shape index (κ3) is 5.38. The van der Waals surface area contributed by atoms with Gasteiger partial charge in [0.05, 0.1) is 15.9 Å². The van der Waals surface area contributed by atoms with Crippen molar-refractivity contribution in [3.05, 3.63) is 54.4 Å². The summed E-state index contributed by atoms with van der Waals surface area (Å²) in [6.07, 6.45) is -4.79. The largest absolute Gasteiger partial charge is 0.454 e. The number of nitrogens with one attached hydrogen (secondary N) is 1. The van der Waals surface area contributed by atoms with Crippen LogP contribution in [0.25, 0.3) is 11.0 Å².